The monoisotopic (exact) mass is 221 g/mol. The van der Waals surface area contributed by atoms with E-state index in [4.69, 9.17) is 4.74 Å². The third kappa shape index (κ3) is 2.12. The molecule has 1 aromatic carbocycles. The van der Waals surface area contributed by atoms with Gasteiger partial charge in [-0.1, -0.05) is 31.2 Å². The van der Waals surface area contributed by atoms with Crippen LogP contribution >= 0.6 is 0 Å². The van der Waals surface area contributed by atoms with E-state index in [1.165, 1.54) is 11.1 Å². The molecule has 16 heavy (non-hydrogen) atoms. The number of aliphatic hydroxyl groups is 1. The molecule has 2 rings (SSSR count). The lowest BCUT2D eigenvalue weighted by atomic mass is 9.93. The van der Waals surface area contributed by atoms with Gasteiger partial charge in [0.2, 0.25) is 0 Å². The maximum absolute atomic E-state index is 10.3. The van der Waals surface area contributed by atoms with E-state index in [1.54, 1.807) is 7.11 Å². The minimum atomic E-state index is -0.399. The molecule has 0 bridgehead atoms. The predicted molar refractivity (Wildman–Crippen MR) is 63.1 cm³/mol. The third-order valence-electron chi connectivity index (χ3n) is 3.26. The molecule has 0 amide bonds. The van der Waals surface area contributed by atoms with Crippen molar-refractivity contribution in [2.24, 2.45) is 5.92 Å². The summed E-state index contributed by atoms with van der Waals surface area (Å²) in [6, 6.07) is 8.29. The van der Waals surface area contributed by atoms with E-state index in [2.05, 4.69) is 17.4 Å². The van der Waals surface area contributed by atoms with Crippen LogP contribution in [0.3, 0.4) is 0 Å². The van der Waals surface area contributed by atoms with Crippen molar-refractivity contribution >= 4 is 0 Å². The topological polar surface area (TPSA) is 41.5 Å². The SMILES string of the molecule is COCC(C)C(O)C1NCc2ccccc21. The molecule has 0 saturated heterocycles. The van der Waals surface area contributed by atoms with Crippen LogP contribution in [0, 0.1) is 5.92 Å². The van der Waals surface area contributed by atoms with Crippen LogP contribution in [-0.2, 0) is 11.3 Å². The van der Waals surface area contributed by atoms with Crippen molar-refractivity contribution in [1.29, 1.82) is 0 Å². The lowest BCUT2D eigenvalue weighted by Gasteiger charge is -2.25. The van der Waals surface area contributed by atoms with Crippen molar-refractivity contribution in [1.82, 2.24) is 5.32 Å². The molecule has 0 saturated carbocycles. The Morgan fingerprint density at radius 1 is 1.50 bits per heavy atom. The lowest BCUT2D eigenvalue weighted by molar-refractivity contribution is 0.0340. The first-order chi connectivity index (χ1) is 7.74. The van der Waals surface area contributed by atoms with E-state index in [1.807, 2.05) is 19.1 Å². The van der Waals surface area contributed by atoms with Crippen LogP contribution in [0.15, 0.2) is 24.3 Å². The fourth-order valence-corrected chi connectivity index (χ4v) is 2.32. The highest BCUT2D eigenvalue weighted by Gasteiger charge is 2.30. The maximum atomic E-state index is 10.3. The van der Waals surface area contributed by atoms with E-state index in [0.29, 0.717) is 6.61 Å². The fraction of sp³-hybridized carbons (Fsp3) is 0.538. The highest BCUT2D eigenvalue weighted by molar-refractivity contribution is 5.34. The number of methoxy groups -OCH3 is 1. The molecule has 1 heterocycles. The molecule has 0 radical (unpaired) electrons. The minimum Gasteiger partial charge on any atom is -0.391 e. The number of hydrogen-bond donors (Lipinski definition) is 2. The lowest BCUT2D eigenvalue weighted by Crippen LogP contribution is -2.33. The van der Waals surface area contributed by atoms with Gasteiger partial charge in [0.1, 0.15) is 0 Å². The summed E-state index contributed by atoms with van der Waals surface area (Å²) in [5.41, 5.74) is 2.51. The Hall–Kier alpha value is -0.900. The average Bonchev–Trinajstić information content (AvgIpc) is 2.72. The molecule has 0 fully saturated rings. The third-order valence-corrected chi connectivity index (χ3v) is 3.26. The van der Waals surface area contributed by atoms with Crippen LogP contribution < -0.4 is 5.32 Å². The number of rotatable bonds is 4. The van der Waals surface area contributed by atoms with Crippen LogP contribution in [0.5, 0.6) is 0 Å². The molecule has 3 unspecified atom stereocenters. The molecule has 3 heteroatoms. The highest BCUT2D eigenvalue weighted by Crippen LogP contribution is 2.30. The first-order valence-corrected chi connectivity index (χ1v) is 5.72. The minimum absolute atomic E-state index is 0.0429. The van der Waals surface area contributed by atoms with E-state index >= 15 is 0 Å². The zero-order valence-corrected chi connectivity index (χ0v) is 9.81. The molecule has 1 aliphatic heterocycles. The molecule has 88 valence electrons. The fourth-order valence-electron chi connectivity index (χ4n) is 2.32. The standard InChI is InChI=1S/C13H19NO2/c1-9(8-16-2)13(15)12-11-6-4-3-5-10(11)7-14-12/h3-6,9,12-15H,7-8H2,1-2H3. The average molecular weight is 221 g/mol. The highest BCUT2D eigenvalue weighted by atomic mass is 16.5. The molecular formula is C13H19NO2. The molecule has 0 spiro atoms. The van der Waals surface area contributed by atoms with Gasteiger partial charge >= 0.3 is 0 Å². The van der Waals surface area contributed by atoms with Crippen molar-refractivity contribution < 1.29 is 9.84 Å². The summed E-state index contributed by atoms with van der Waals surface area (Å²) in [7, 11) is 1.67. The van der Waals surface area contributed by atoms with Gasteiger partial charge in [0.25, 0.3) is 0 Å². The summed E-state index contributed by atoms with van der Waals surface area (Å²) in [4.78, 5) is 0. The van der Waals surface area contributed by atoms with Crippen molar-refractivity contribution in [3.63, 3.8) is 0 Å². The second kappa shape index (κ2) is 4.95. The molecule has 1 aliphatic rings. The van der Waals surface area contributed by atoms with Crippen LogP contribution in [0.2, 0.25) is 0 Å². The Labute approximate surface area is 96.4 Å². The Bertz CT molecular complexity index is 354. The van der Waals surface area contributed by atoms with Gasteiger partial charge in [0.15, 0.2) is 0 Å². The Morgan fingerprint density at radius 3 is 3.00 bits per heavy atom. The number of fused-ring (bicyclic) bond motifs is 1. The Kier molecular flexibility index (Phi) is 3.59. The Balaban J connectivity index is 2.12. The van der Waals surface area contributed by atoms with E-state index in [0.717, 1.165) is 6.54 Å². The number of benzene rings is 1. The summed E-state index contributed by atoms with van der Waals surface area (Å²) in [5.74, 6) is 0.133. The zero-order valence-electron chi connectivity index (χ0n) is 9.81. The normalized spacial score (nSPS) is 22.8. The smallest absolute Gasteiger partial charge is 0.0782 e. The van der Waals surface area contributed by atoms with Gasteiger partial charge in [-0.15, -0.1) is 0 Å². The van der Waals surface area contributed by atoms with Crippen molar-refractivity contribution in [2.75, 3.05) is 13.7 Å². The van der Waals surface area contributed by atoms with Crippen molar-refractivity contribution in [3.8, 4) is 0 Å². The van der Waals surface area contributed by atoms with Crippen LogP contribution in [0.25, 0.3) is 0 Å². The first kappa shape index (κ1) is 11.6. The molecule has 3 nitrogen and oxygen atoms in total. The molecular weight excluding hydrogens is 202 g/mol. The second-order valence-electron chi connectivity index (χ2n) is 4.48. The summed E-state index contributed by atoms with van der Waals surface area (Å²) < 4.78 is 5.08. The largest absolute Gasteiger partial charge is 0.391 e. The second-order valence-corrected chi connectivity index (χ2v) is 4.48. The molecule has 1 aromatic rings. The summed E-state index contributed by atoms with van der Waals surface area (Å²) in [6.45, 7) is 3.44. The summed E-state index contributed by atoms with van der Waals surface area (Å²) in [5, 5.41) is 13.6. The number of ether oxygens (including phenoxy) is 1. The molecule has 3 atom stereocenters. The van der Waals surface area contributed by atoms with Gasteiger partial charge in [-0.25, -0.2) is 0 Å². The first-order valence-electron chi connectivity index (χ1n) is 5.72. The van der Waals surface area contributed by atoms with E-state index in [-0.39, 0.29) is 12.0 Å². The predicted octanol–water partition coefficient (Wildman–Crippen LogP) is 1.47. The molecule has 2 N–H and O–H groups in total. The quantitative estimate of drug-likeness (QED) is 0.809. The van der Waals surface area contributed by atoms with E-state index < -0.39 is 6.10 Å². The van der Waals surface area contributed by atoms with Gasteiger partial charge in [0.05, 0.1) is 18.8 Å². The van der Waals surface area contributed by atoms with Gasteiger partial charge in [0, 0.05) is 19.6 Å². The van der Waals surface area contributed by atoms with Crippen molar-refractivity contribution in [2.45, 2.75) is 25.6 Å². The van der Waals surface area contributed by atoms with Crippen LogP contribution in [0.4, 0.5) is 0 Å². The summed E-state index contributed by atoms with van der Waals surface area (Å²) >= 11 is 0. The zero-order chi connectivity index (χ0) is 11.5. The van der Waals surface area contributed by atoms with Gasteiger partial charge in [-0.3, -0.25) is 0 Å². The Morgan fingerprint density at radius 2 is 2.25 bits per heavy atom. The van der Waals surface area contributed by atoms with Gasteiger partial charge in [-0.2, -0.15) is 0 Å². The number of aliphatic hydroxyl groups excluding tert-OH is 1. The molecule has 0 aliphatic carbocycles. The van der Waals surface area contributed by atoms with Gasteiger partial charge in [-0.05, 0) is 11.1 Å². The van der Waals surface area contributed by atoms with E-state index in [9.17, 15) is 5.11 Å². The maximum Gasteiger partial charge on any atom is 0.0782 e. The number of hydrogen-bond acceptors (Lipinski definition) is 3. The van der Waals surface area contributed by atoms with Crippen LogP contribution in [0.1, 0.15) is 24.1 Å². The van der Waals surface area contributed by atoms with Crippen LogP contribution in [-0.4, -0.2) is 24.9 Å². The van der Waals surface area contributed by atoms with Crippen molar-refractivity contribution in [3.05, 3.63) is 35.4 Å². The summed E-state index contributed by atoms with van der Waals surface area (Å²) in [6.07, 6.45) is -0.399. The number of nitrogens with one attached hydrogen (secondary N) is 1. The molecule has 0 aromatic heterocycles. The van der Waals surface area contributed by atoms with Gasteiger partial charge < -0.3 is 15.2 Å².